The number of hydrogen-bond acceptors (Lipinski definition) is 2. The van der Waals surface area contributed by atoms with E-state index in [-0.39, 0.29) is 6.10 Å². The van der Waals surface area contributed by atoms with Gasteiger partial charge in [0.05, 0.1) is 6.10 Å². The maximum atomic E-state index is 9.36. The van der Waals surface area contributed by atoms with Crippen LogP contribution in [0.25, 0.3) is 0 Å². The first-order valence-electron chi connectivity index (χ1n) is 4.17. The number of benzene rings is 1. The fourth-order valence-electron chi connectivity index (χ4n) is 1.55. The summed E-state index contributed by atoms with van der Waals surface area (Å²) in [6, 6.07) is 5.97. The van der Waals surface area contributed by atoms with Crippen molar-refractivity contribution in [2.75, 3.05) is 6.61 Å². The number of rotatable bonds is 0. The predicted molar refractivity (Wildman–Crippen MR) is 46.4 cm³/mol. The van der Waals surface area contributed by atoms with Gasteiger partial charge >= 0.3 is 0 Å². The van der Waals surface area contributed by atoms with E-state index in [2.05, 4.69) is 0 Å². The first-order chi connectivity index (χ1) is 5.77. The van der Waals surface area contributed by atoms with Gasteiger partial charge in [0.1, 0.15) is 12.4 Å². The Labute approximate surface area is 71.8 Å². The zero-order valence-electron chi connectivity index (χ0n) is 7.08. The van der Waals surface area contributed by atoms with Crippen molar-refractivity contribution in [3.8, 4) is 5.75 Å². The lowest BCUT2D eigenvalue weighted by atomic mass is 10.00. The number of ether oxygens (including phenoxy) is 1. The summed E-state index contributed by atoms with van der Waals surface area (Å²) in [5.74, 6) is 0.931. The molecule has 1 aliphatic heterocycles. The van der Waals surface area contributed by atoms with E-state index >= 15 is 0 Å². The highest BCUT2D eigenvalue weighted by atomic mass is 16.5. The van der Waals surface area contributed by atoms with Gasteiger partial charge in [-0.05, 0) is 24.1 Å². The maximum absolute atomic E-state index is 9.36. The lowest BCUT2D eigenvalue weighted by molar-refractivity contribution is 0.0918. The summed E-state index contributed by atoms with van der Waals surface area (Å²) in [4.78, 5) is 0. The Kier molecular flexibility index (Phi) is 1.77. The third-order valence-electron chi connectivity index (χ3n) is 2.24. The van der Waals surface area contributed by atoms with E-state index in [1.165, 1.54) is 5.56 Å². The molecule has 0 radical (unpaired) electrons. The Morgan fingerprint density at radius 2 is 2.33 bits per heavy atom. The number of aliphatic hydroxyl groups excluding tert-OH is 1. The van der Waals surface area contributed by atoms with E-state index in [4.69, 9.17) is 4.74 Å². The normalized spacial score (nSPS) is 21.3. The molecule has 1 unspecified atom stereocenters. The van der Waals surface area contributed by atoms with Gasteiger partial charge in [-0.2, -0.15) is 0 Å². The second-order valence-electron chi connectivity index (χ2n) is 3.22. The molecule has 0 spiro atoms. The predicted octanol–water partition coefficient (Wildman–Crippen LogP) is 1.29. The van der Waals surface area contributed by atoms with Crippen LogP contribution in [0.15, 0.2) is 18.2 Å². The van der Waals surface area contributed by atoms with Crippen LogP contribution in [0.5, 0.6) is 5.75 Å². The molecule has 12 heavy (non-hydrogen) atoms. The Hall–Kier alpha value is -1.02. The third kappa shape index (κ3) is 1.18. The maximum Gasteiger partial charge on any atom is 0.122 e. The topological polar surface area (TPSA) is 29.5 Å². The van der Waals surface area contributed by atoms with E-state index in [1.54, 1.807) is 0 Å². The molecule has 1 aromatic carbocycles. The summed E-state index contributed by atoms with van der Waals surface area (Å²) in [6.45, 7) is 2.47. The average Bonchev–Trinajstić information content (AvgIpc) is 2.07. The van der Waals surface area contributed by atoms with Crippen LogP contribution >= 0.6 is 0 Å². The van der Waals surface area contributed by atoms with Crippen LogP contribution in [0.2, 0.25) is 0 Å². The standard InChI is InChI=1S/C10H12O2/c1-7-3-2-4-10-9(7)5-8(11)6-12-10/h2-4,8,11H,5-6H2,1H3. The largest absolute Gasteiger partial charge is 0.491 e. The Bertz CT molecular complexity index is 294. The smallest absolute Gasteiger partial charge is 0.122 e. The SMILES string of the molecule is Cc1cccc2c1CC(O)CO2. The van der Waals surface area contributed by atoms with Crippen molar-refractivity contribution in [2.24, 2.45) is 0 Å². The van der Waals surface area contributed by atoms with Gasteiger partial charge in [-0.3, -0.25) is 0 Å². The molecule has 0 amide bonds. The first-order valence-corrected chi connectivity index (χ1v) is 4.17. The van der Waals surface area contributed by atoms with Crippen LogP contribution in [0, 0.1) is 6.92 Å². The summed E-state index contributed by atoms with van der Waals surface area (Å²) >= 11 is 0. The summed E-state index contributed by atoms with van der Waals surface area (Å²) < 4.78 is 5.37. The lowest BCUT2D eigenvalue weighted by Crippen LogP contribution is -2.25. The molecule has 2 nitrogen and oxygen atoms in total. The van der Waals surface area contributed by atoms with Gasteiger partial charge in [0.25, 0.3) is 0 Å². The van der Waals surface area contributed by atoms with Gasteiger partial charge in [-0.25, -0.2) is 0 Å². The fraction of sp³-hybridized carbons (Fsp3) is 0.400. The monoisotopic (exact) mass is 164 g/mol. The van der Waals surface area contributed by atoms with Gasteiger partial charge < -0.3 is 9.84 Å². The van der Waals surface area contributed by atoms with Crippen molar-refractivity contribution >= 4 is 0 Å². The molecule has 1 N–H and O–H groups in total. The summed E-state index contributed by atoms with van der Waals surface area (Å²) in [6.07, 6.45) is 0.390. The molecule has 0 aliphatic carbocycles. The minimum Gasteiger partial charge on any atom is -0.491 e. The molecule has 1 aromatic rings. The minimum atomic E-state index is -0.335. The lowest BCUT2D eigenvalue weighted by Gasteiger charge is -2.22. The van der Waals surface area contributed by atoms with Crippen molar-refractivity contribution < 1.29 is 9.84 Å². The zero-order valence-corrected chi connectivity index (χ0v) is 7.08. The van der Waals surface area contributed by atoms with E-state index < -0.39 is 0 Å². The van der Waals surface area contributed by atoms with E-state index in [0.29, 0.717) is 6.61 Å². The van der Waals surface area contributed by atoms with Crippen molar-refractivity contribution in [3.63, 3.8) is 0 Å². The van der Waals surface area contributed by atoms with Crippen molar-refractivity contribution in [1.29, 1.82) is 0 Å². The molecule has 0 saturated heterocycles. The quantitative estimate of drug-likeness (QED) is 0.626. The van der Waals surface area contributed by atoms with Crippen molar-refractivity contribution in [1.82, 2.24) is 0 Å². The molecule has 0 bridgehead atoms. The van der Waals surface area contributed by atoms with E-state index in [0.717, 1.165) is 17.7 Å². The number of aliphatic hydroxyl groups is 1. The molecular weight excluding hydrogens is 152 g/mol. The van der Waals surface area contributed by atoms with Crippen LogP contribution in [0.4, 0.5) is 0 Å². The molecule has 1 atom stereocenters. The van der Waals surface area contributed by atoms with Gasteiger partial charge in [-0.1, -0.05) is 12.1 Å². The van der Waals surface area contributed by atoms with E-state index in [9.17, 15) is 5.11 Å². The van der Waals surface area contributed by atoms with Crippen molar-refractivity contribution in [2.45, 2.75) is 19.4 Å². The van der Waals surface area contributed by atoms with Crippen LogP contribution in [-0.2, 0) is 6.42 Å². The van der Waals surface area contributed by atoms with Gasteiger partial charge in [0.2, 0.25) is 0 Å². The molecule has 0 aromatic heterocycles. The molecule has 0 fully saturated rings. The van der Waals surface area contributed by atoms with Crippen LogP contribution in [0.3, 0.4) is 0 Å². The van der Waals surface area contributed by atoms with Crippen LogP contribution in [-0.4, -0.2) is 17.8 Å². The van der Waals surface area contributed by atoms with E-state index in [1.807, 2.05) is 25.1 Å². The summed E-state index contributed by atoms with van der Waals surface area (Å²) in [7, 11) is 0. The molecule has 1 heterocycles. The highest BCUT2D eigenvalue weighted by Gasteiger charge is 2.18. The number of aryl methyl sites for hydroxylation is 1. The minimum absolute atomic E-state index is 0.335. The van der Waals surface area contributed by atoms with Gasteiger partial charge in [-0.15, -0.1) is 0 Å². The average molecular weight is 164 g/mol. The van der Waals surface area contributed by atoms with Crippen LogP contribution < -0.4 is 4.74 Å². The number of fused-ring (bicyclic) bond motifs is 1. The van der Waals surface area contributed by atoms with Gasteiger partial charge in [0.15, 0.2) is 0 Å². The highest BCUT2D eigenvalue weighted by Crippen LogP contribution is 2.26. The first kappa shape index (κ1) is 7.62. The van der Waals surface area contributed by atoms with Crippen molar-refractivity contribution in [3.05, 3.63) is 29.3 Å². The summed E-state index contributed by atoms with van der Waals surface area (Å²) in [5.41, 5.74) is 2.35. The Morgan fingerprint density at radius 1 is 1.50 bits per heavy atom. The molecule has 0 saturated carbocycles. The summed E-state index contributed by atoms with van der Waals surface area (Å²) in [5, 5.41) is 9.36. The molecule has 2 rings (SSSR count). The van der Waals surface area contributed by atoms with Gasteiger partial charge in [0, 0.05) is 6.42 Å². The third-order valence-corrected chi connectivity index (χ3v) is 2.24. The highest BCUT2D eigenvalue weighted by molar-refractivity contribution is 5.41. The molecule has 2 heteroatoms. The fourth-order valence-corrected chi connectivity index (χ4v) is 1.55. The Morgan fingerprint density at radius 3 is 3.17 bits per heavy atom. The second-order valence-corrected chi connectivity index (χ2v) is 3.22. The molecular formula is C10H12O2. The zero-order chi connectivity index (χ0) is 8.55. The number of hydrogen-bond donors (Lipinski definition) is 1. The molecule has 1 aliphatic rings. The van der Waals surface area contributed by atoms with Crippen LogP contribution in [0.1, 0.15) is 11.1 Å². The molecule has 64 valence electrons. The Balaban J connectivity index is 2.43. The second kappa shape index (κ2) is 2.79.